The first kappa shape index (κ1) is 13.3. The van der Waals surface area contributed by atoms with E-state index < -0.39 is 0 Å². The van der Waals surface area contributed by atoms with Gasteiger partial charge in [-0.1, -0.05) is 0 Å². The molecule has 0 saturated heterocycles. The molecule has 1 N–H and O–H groups in total. The minimum Gasteiger partial charge on any atom is -0.475 e. The Morgan fingerprint density at radius 3 is 2.89 bits per heavy atom. The van der Waals surface area contributed by atoms with E-state index in [1.54, 1.807) is 12.3 Å². The molecule has 0 aliphatic carbocycles. The lowest BCUT2D eigenvalue weighted by atomic mass is 10.1. The van der Waals surface area contributed by atoms with Crippen molar-refractivity contribution in [1.82, 2.24) is 15.0 Å². The van der Waals surface area contributed by atoms with E-state index in [0.717, 1.165) is 11.4 Å². The minimum atomic E-state index is 0.100. The van der Waals surface area contributed by atoms with E-state index >= 15 is 0 Å². The number of nitrogens with one attached hydrogen (secondary N) is 1. The number of ether oxygens (including phenoxy) is 1. The maximum absolute atomic E-state index is 5.53. The highest BCUT2D eigenvalue weighted by Crippen LogP contribution is 2.14. The zero-order chi connectivity index (χ0) is 13.7. The molecule has 0 fully saturated rings. The number of aryl methyl sites for hydroxylation is 1. The fourth-order valence-electron chi connectivity index (χ4n) is 1.61. The van der Waals surface area contributed by atoms with Crippen LogP contribution in [0.3, 0.4) is 0 Å². The van der Waals surface area contributed by atoms with Crippen LogP contribution in [0.1, 0.15) is 25.0 Å². The number of pyridine rings is 1. The molecule has 0 aromatic carbocycles. The molecule has 0 atom stereocenters. The smallest absolute Gasteiger partial charge is 0.218 e. The van der Waals surface area contributed by atoms with E-state index in [-0.39, 0.29) is 6.10 Å². The molecule has 0 radical (unpaired) electrons. The SMILES string of the molecule is Cc1ccncc1CNc1cc(OC(C)C)ncn1. The van der Waals surface area contributed by atoms with Crippen molar-refractivity contribution in [1.29, 1.82) is 0 Å². The van der Waals surface area contributed by atoms with Crippen LogP contribution >= 0.6 is 0 Å². The van der Waals surface area contributed by atoms with Gasteiger partial charge >= 0.3 is 0 Å². The van der Waals surface area contributed by atoms with E-state index in [4.69, 9.17) is 4.74 Å². The Morgan fingerprint density at radius 2 is 2.16 bits per heavy atom. The van der Waals surface area contributed by atoms with Gasteiger partial charge in [0.15, 0.2) is 0 Å². The number of hydrogen-bond donors (Lipinski definition) is 1. The van der Waals surface area contributed by atoms with Gasteiger partial charge in [-0.2, -0.15) is 0 Å². The molecule has 0 unspecified atom stereocenters. The van der Waals surface area contributed by atoms with Crippen molar-refractivity contribution < 1.29 is 4.74 Å². The molecule has 2 rings (SSSR count). The lowest BCUT2D eigenvalue weighted by molar-refractivity contribution is 0.232. The van der Waals surface area contributed by atoms with Crippen LogP contribution in [0.15, 0.2) is 30.9 Å². The highest BCUT2D eigenvalue weighted by Gasteiger charge is 2.03. The molecule has 5 nitrogen and oxygen atoms in total. The summed E-state index contributed by atoms with van der Waals surface area (Å²) in [6, 6.07) is 3.79. The first-order chi connectivity index (χ1) is 9.15. The first-order valence-electron chi connectivity index (χ1n) is 6.27. The van der Waals surface area contributed by atoms with Crippen LogP contribution in [-0.4, -0.2) is 21.1 Å². The summed E-state index contributed by atoms with van der Waals surface area (Å²) in [6.45, 7) is 6.67. The first-order valence-corrected chi connectivity index (χ1v) is 6.27. The lowest BCUT2D eigenvalue weighted by Gasteiger charge is -2.10. The van der Waals surface area contributed by atoms with Crippen molar-refractivity contribution in [3.63, 3.8) is 0 Å². The van der Waals surface area contributed by atoms with Crippen molar-refractivity contribution in [2.45, 2.75) is 33.4 Å². The van der Waals surface area contributed by atoms with Gasteiger partial charge in [-0.15, -0.1) is 0 Å². The molecule has 100 valence electrons. The van der Waals surface area contributed by atoms with Gasteiger partial charge in [0.05, 0.1) is 6.10 Å². The molecule has 5 heteroatoms. The number of hydrogen-bond acceptors (Lipinski definition) is 5. The lowest BCUT2D eigenvalue weighted by Crippen LogP contribution is -2.08. The molecule has 0 aliphatic heterocycles. The van der Waals surface area contributed by atoms with Crippen molar-refractivity contribution in [2.24, 2.45) is 0 Å². The Labute approximate surface area is 113 Å². The normalized spacial score (nSPS) is 10.5. The maximum atomic E-state index is 5.53. The number of nitrogens with zero attached hydrogens (tertiary/aromatic N) is 3. The van der Waals surface area contributed by atoms with Crippen molar-refractivity contribution in [2.75, 3.05) is 5.32 Å². The predicted octanol–water partition coefficient (Wildman–Crippen LogP) is 2.58. The summed E-state index contributed by atoms with van der Waals surface area (Å²) in [5.41, 5.74) is 2.35. The van der Waals surface area contributed by atoms with Crippen LogP contribution in [-0.2, 0) is 6.54 Å². The molecule has 0 saturated carbocycles. The largest absolute Gasteiger partial charge is 0.475 e. The molecule has 0 aliphatic rings. The van der Waals surface area contributed by atoms with Gasteiger partial charge in [0.2, 0.25) is 5.88 Å². The van der Waals surface area contributed by atoms with Crippen LogP contribution in [0.4, 0.5) is 5.82 Å². The second-order valence-electron chi connectivity index (χ2n) is 4.56. The van der Waals surface area contributed by atoms with Crippen LogP contribution in [0.5, 0.6) is 5.88 Å². The summed E-state index contributed by atoms with van der Waals surface area (Å²) in [7, 11) is 0. The molecular formula is C14H18N4O. The topological polar surface area (TPSA) is 59.9 Å². The Kier molecular flexibility index (Phi) is 4.28. The van der Waals surface area contributed by atoms with Gasteiger partial charge in [0.25, 0.3) is 0 Å². The van der Waals surface area contributed by atoms with E-state index in [1.165, 1.54) is 11.9 Å². The molecule has 0 bridgehead atoms. The van der Waals surface area contributed by atoms with E-state index in [0.29, 0.717) is 12.4 Å². The Morgan fingerprint density at radius 1 is 1.32 bits per heavy atom. The Balaban J connectivity index is 2.02. The van der Waals surface area contributed by atoms with E-state index in [1.807, 2.05) is 26.1 Å². The average Bonchev–Trinajstić information content (AvgIpc) is 2.37. The highest BCUT2D eigenvalue weighted by atomic mass is 16.5. The highest BCUT2D eigenvalue weighted by molar-refractivity contribution is 5.38. The maximum Gasteiger partial charge on any atom is 0.218 e. The van der Waals surface area contributed by atoms with Gasteiger partial charge < -0.3 is 10.1 Å². The fourth-order valence-corrected chi connectivity index (χ4v) is 1.61. The van der Waals surface area contributed by atoms with Crippen LogP contribution in [0.2, 0.25) is 0 Å². The monoisotopic (exact) mass is 258 g/mol. The third-order valence-corrected chi connectivity index (χ3v) is 2.61. The van der Waals surface area contributed by atoms with Crippen molar-refractivity contribution in [3.05, 3.63) is 42.0 Å². The summed E-state index contributed by atoms with van der Waals surface area (Å²) in [4.78, 5) is 12.4. The zero-order valence-electron chi connectivity index (χ0n) is 11.4. The zero-order valence-corrected chi connectivity index (χ0v) is 11.4. The third kappa shape index (κ3) is 3.91. The molecule has 2 heterocycles. The third-order valence-electron chi connectivity index (χ3n) is 2.61. The summed E-state index contributed by atoms with van der Waals surface area (Å²) >= 11 is 0. The van der Waals surface area contributed by atoms with Gasteiger partial charge in [0, 0.05) is 25.0 Å². The quantitative estimate of drug-likeness (QED) is 0.893. The van der Waals surface area contributed by atoms with Gasteiger partial charge in [0.1, 0.15) is 12.1 Å². The average molecular weight is 258 g/mol. The van der Waals surface area contributed by atoms with Gasteiger partial charge in [-0.25, -0.2) is 9.97 Å². The summed E-state index contributed by atoms with van der Waals surface area (Å²) < 4.78 is 5.53. The number of anilines is 1. The van der Waals surface area contributed by atoms with Crippen molar-refractivity contribution >= 4 is 5.82 Å². The molecule has 19 heavy (non-hydrogen) atoms. The predicted molar refractivity (Wildman–Crippen MR) is 74.1 cm³/mol. The van der Waals surface area contributed by atoms with E-state index in [9.17, 15) is 0 Å². The number of aromatic nitrogens is 3. The van der Waals surface area contributed by atoms with Crippen LogP contribution in [0, 0.1) is 6.92 Å². The van der Waals surface area contributed by atoms with Crippen LogP contribution in [0.25, 0.3) is 0 Å². The van der Waals surface area contributed by atoms with E-state index in [2.05, 4.69) is 27.2 Å². The molecular weight excluding hydrogens is 240 g/mol. The standard InChI is InChI=1S/C14H18N4O/c1-10(2)19-14-6-13(17-9-18-14)16-8-12-7-15-5-4-11(12)3/h4-7,9-10H,8H2,1-3H3,(H,16,17,18). The number of rotatable bonds is 5. The second kappa shape index (κ2) is 6.13. The molecule has 2 aromatic rings. The summed E-state index contributed by atoms with van der Waals surface area (Å²) in [5, 5.41) is 3.24. The fraction of sp³-hybridized carbons (Fsp3) is 0.357. The molecule has 0 spiro atoms. The van der Waals surface area contributed by atoms with Gasteiger partial charge in [-0.3, -0.25) is 4.98 Å². The summed E-state index contributed by atoms with van der Waals surface area (Å²) in [5.74, 6) is 1.32. The minimum absolute atomic E-state index is 0.100. The van der Waals surface area contributed by atoms with Gasteiger partial charge in [-0.05, 0) is 38.0 Å². The molecule has 2 aromatic heterocycles. The molecule has 0 amide bonds. The Bertz CT molecular complexity index is 542. The Hall–Kier alpha value is -2.17. The second-order valence-corrected chi connectivity index (χ2v) is 4.56. The van der Waals surface area contributed by atoms with Crippen molar-refractivity contribution in [3.8, 4) is 5.88 Å². The summed E-state index contributed by atoms with van der Waals surface area (Å²) in [6.07, 6.45) is 5.24. The van der Waals surface area contributed by atoms with Crippen LogP contribution < -0.4 is 10.1 Å².